The Morgan fingerprint density at radius 2 is 1.78 bits per heavy atom. The molecule has 0 aliphatic carbocycles. The van der Waals surface area contributed by atoms with Gasteiger partial charge in [-0.3, -0.25) is 0 Å². The van der Waals surface area contributed by atoms with Gasteiger partial charge in [0, 0.05) is 0 Å². The average Bonchev–Trinajstić information content (AvgIpc) is 1.77. The average molecular weight is 132 g/mol. The van der Waals surface area contributed by atoms with Gasteiger partial charge >= 0.3 is 29.6 Å². The molecule has 0 aliphatic heterocycles. The molecule has 0 bridgehead atoms. The van der Waals surface area contributed by atoms with Crippen LogP contribution in [0.3, 0.4) is 0 Å². The number of phenols is 1. The fourth-order valence-corrected chi connectivity index (χ4v) is 0.563. The van der Waals surface area contributed by atoms with Crippen molar-refractivity contribution in [3.8, 4) is 5.75 Å². The third-order valence-electron chi connectivity index (χ3n) is 1.12. The molecule has 1 aromatic rings. The van der Waals surface area contributed by atoms with E-state index in [-0.39, 0.29) is 29.6 Å². The topological polar surface area (TPSA) is 20.2 Å². The number of para-hydroxylation sites is 1. The Morgan fingerprint density at radius 1 is 1.22 bits per heavy atom. The molecular formula is C7H9NaO. The third-order valence-corrected chi connectivity index (χ3v) is 1.12. The summed E-state index contributed by atoms with van der Waals surface area (Å²) in [6, 6.07) is 7.25. The molecule has 0 amide bonds. The molecule has 0 radical (unpaired) electrons. The van der Waals surface area contributed by atoms with Gasteiger partial charge in [0.15, 0.2) is 0 Å². The Morgan fingerprint density at radius 3 is 2.11 bits per heavy atom. The van der Waals surface area contributed by atoms with Crippen molar-refractivity contribution in [2.75, 3.05) is 0 Å². The predicted octanol–water partition coefficient (Wildman–Crippen LogP) is 1.05. The first-order valence-corrected chi connectivity index (χ1v) is 2.55. The van der Waals surface area contributed by atoms with E-state index in [9.17, 15) is 0 Å². The van der Waals surface area contributed by atoms with Gasteiger partial charge in [-0.05, 0) is 18.6 Å². The summed E-state index contributed by atoms with van der Waals surface area (Å²) in [6.07, 6.45) is 0. The predicted molar refractivity (Wildman–Crippen MR) is 40.0 cm³/mol. The number of benzene rings is 1. The van der Waals surface area contributed by atoms with Gasteiger partial charge in [-0.25, -0.2) is 0 Å². The maximum absolute atomic E-state index is 8.92. The van der Waals surface area contributed by atoms with Crippen LogP contribution in [-0.4, -0.2) is 34.7 Å². The molecule has 0 saturated carbocycles. The molecule has 2 heteroatoms. The van der Waals surface area contributed by atoms with Gasteiger partial charge in [-0.2, -0.15) is 0 Å². The molecule has 0 atom stereocenters. The maximum atomic E-state index is 8.92. The molecule has 0 aliphatic rings. The summed E-state index contributed by atoms with van der Waals surface area (Å²) < 4.78 is 0. The molecule has 0 spiro atoms. The zero-order chi connectivity index (χ0) is 5.98. The van der Waals surface area contributed by atoms with Crippen molar-refractivity contribution >= 4 is 29.6 Å². The van der Waals surface area contributed by atoms with Gasteiger partial charge in [-0.15, -0.1) is 0 Å². The monoisotopic (exact) mass is 132 g/mol. The van der Waals surface area contributed by atoms with Crippen LogP contribution in [0.25, 0.3) is 0 Å². The third kappa shape index (κ3) is 2.39. The van der Waals surface area contributed by atoms with E-state index in [0.717, 1.165) is 5.56 Å². The summed E-state index contributed by atoms with van der Waals surface area (Å²) in [5.41, 5.74) is 0.924. The Hall–Kier alpha value is 0.0200. The number of hydrogen-bond donors (Lipinski definition) is 1. The molecule has 0 saturated heterocycles. The van der Waals surface area contributed by atoms with E-state index in [1.54, 1.807) is 6.07 Å². The van der Waals surface area contributed by atoms with Crippen LogP contribution in [0.4, 0.5) is 0 Å². The van der Waals surface area contributed by atoms with E-state index in [0.29, 0.717) is 5.75 Å². The Labute approximate surface area is 77.0 Å². The molecule has 44 valence electrons. The summed E-state index contributed by atoms with van der Waals surface area (Å²) in [6.45, 7) is 1.87. The van der Waals surface area contributed by atoms with Crippen molar-refractivity contribution in [2.45, 2.75) is 6.92 Å². The van der Waals surface area contributed by atoms with E-state index in [4.69, 9.17) is 5.11 Å². The molecule has 0 unspecified atom stereocenters. The fourth-order valence-electron chi connectivity index (χ4n) is 0.563. The Bertz CT molecular complexity index is 165. The molecule has 0 heterocycles. The molecule has 1 nitrogen and oxygen atoms in total. The van der Waals surface area contributed by atoms with Crippen molar-refractivity contribution in [2.24, 2.45) is 0 Å². The van der Waals surface area contributed by atoms with E-state index in [1.165, 1.54) is 0 Å². The number of phenolic OH excluding ortho intramolecular Hbond substituents is 1. The molecule has 1 aromatic carbocycles. The summed E-state index contributed by atoms with van der Waals surface area (Å²) in [5.74, 6) is 0.368. The molecule has 9 heavy (non-hydrogen) atoms. The van der Waals surface area contributed by atoms with Crippen LogP contribution in [0.15, 0.2) is 24.3 Å². The van der Waals surface area contributed by atoms with Crippen LogP contribution in [-0.2, 0) is 0 Å². The van der Waals surface area contributed by atoms with Crippen LogP contribution in [0, 0.1) is 6.92 Å². The van der Waals surface area contributed by atoms with Crippen LogP contribution in [0.2, 0.25) is 0 Å². The fraction of sp³-hybridized carbons (Fsp3) is 0.143. The van der Waals surface area contributed by atoms with Crippen LogP contribution < -0.4 is 0 Å². The zero-order valence-corrected chi connectivity index (χ0v) is 4.76. The van der Waals surface area contributed by atoms with E-state index < -0.39 is 0 Å². The number of aromatic hydroxyl groups is 1. The van der Waals surface area contributed by atoms with Gasteiger partial charge in [0.05, 0.1) is 0 Å². The first-order valence-electron chi connectivity index (χ1n) is 2.55. The van der Waals surface area contributed by atoms with Crippen LogP contribution in [0.1, 0.15) is 5.56 Å². The van der Waals surface area contributed by atoms with Gasteiger partial charge in [0.25, 0.3) is 0 Å². The van der Waals surface area contributed by atoms with Crippen LogP contribution >= 0.6 is 0 Å². The van der Waals surface area contributed by atoms with E-state index in [1.807, 2.05) is 25.1 Å². The van der Waals surface area contributed by atoms with E-state index >= 15 is 0 Å². The number of hydrogen-bond acceptors (Lipinski definition) is 1. The number of rotatable bonds is 0. The van der Waals surface area contributed by atoms with Crippen molar-refractivity contribution in [1.29, 1.82) is 0 Å². The molecular weight excluding hydrogens is 123 g/mol. The van der Waals surface area contributed by atoms with E-state index in [2.05, 4.69) is 0 Å². The Kier molecular flexibility index (Phi) is 3.95. The first-order chi connectivity index (χ1) is 3.80. The summed E-state index contributed by atoms with van der Waals surface area (Å²) >= 11 is 0. The normalized spacial score (nSPS) is 8.11. The summed E-state index contributed by atoms with van der Waals surface area (Å²) in [4.78, 5) is 0. The van der Waals surface area contributed by atoms with Gasteiger partial charge in [-0.1, -0.05) is 18.2 Å². The van der Waals surface area contributed by atoms with Crippen molar-refractivity contribution in [3.05, 3.63) is 29.8 Å². The van der Waals surface area contributed by atoms with Crippen molar-refractivity contribution in [1.82, 2.24) is 0 Å². The first kappa shape index (κ1) is 9.02. The Balaban J connectivity index is 0.000000640. The van der Waals surface area contributed by atoms with Gasteiger partial charge < -0.3 is 5.11 Å². The van der Waals surface area contributed by atoms with Crippen molar-refractivity contribution < 1.29 is 5.11 Å². The zero-order valence-electron chi connectivity index (χ0n) is 4.76. The minimum atomic E-state index is 0. The molecule has 1 rings (SSSR count). The second-order valence-electron chi connectivity index (χ2n) is 1.79. The van der Waals surface area contributed by atoms with Gasteiger partial charge in [0.1, 0.15) is 5.75 Å². The second kappa shape index (κ2) is 3.94. The molecule has 1 N–H and O–H groups in total. The van der Waals surface area contributed by atoms with Gasteiger partial charge in [0.2, 0.25) is 0 Å². The molecule has 0 fully saturated rings. The molecule has 0 aromatic heterocycles. The summed E-state index contributed by atoms with van der Waals surface area (Å²) in [5, 5.41) is 8.92. The van der Waals surface area contributed by atoms with Crippen LogP contribution in [0.5, 0.6) is 5.75 Å². The SMILES string of the molecule is Cc1ccccc1O.[NaH]. The second-order valence-corrected chi connectivity index (χ2v) is 1.79. The van der Waals surface area contributed by atoms with Crippen molar-refractivity contribution in [3.63, 3.8) is 0 Å². The number of aryl methyl sites for hydroxylation is 1. The minimum absolute atomic E-state index is 0. The standard InChI is InChI=1S/C7H8O.Na.H/c1-6-4-2-3-5-7(6)8;;/h2-5,8H,1H3;;. The summed E-state index contributed by atoms with van der Waals surface area (Å²) in [7, 11) is 0. The quantitative estimate of drug-likeness (QED) is 0.523.